The largest absolute Gasteiger partial charge is 0.381 e. The minimum absolute atomic E-state index is 0. The van der Waals surface area contributed by atoms with E-state index >= 15 is 0 Å². The van der Waals surface area contributed by atoms with Crippen LogP contribution in [0.2, 0.25) is 0 Å². The van der Waals surface area contributed by atoms with Crippen LogP contribution in [0.25, 0.3) is 0 Å². The average molecular weight is 303 g/mol. The SMILES string of the molecule is CN1C[C@H](COCC2CC2)[C@H]2CCNCC[C@H]2C1=O.Cl. The first kappa shape index (κ1) is 16.1. The summed E-state index contributed by atoms with van der Waals surface area (Å²) in [6.45, 7) is 4.69. The van der Waals surface area contributed by atoms with E-state index in [4.69, 9.17) is 4.74 Å². The summed E-state index contributed by atoms with van der Waals surface area (Å²) in [5.74, 6) is 2.47. The standard InChI is InChI=1S/C15H26N2O2.ClH/c1-17-8-12(10-19-9-11-2-3-11)13-4-6-16-7-5-14(13)15(17)18;/h11-14,16H,2-10H2,1H3;1H/t12-,13-,14-;/m1./s1. The molecule has 0 aromatic carbocycles. The molecule has 4 nitrogen and oxygen atoms in total. The third-order valence-electron chi connectivity index (χ3n) is 4.99. The van der Waals surface area contributed by atoms with Crippen LogP contribution in [0.3, 0.4) is 0 Å². The summed E-state index contributed by atoms with van der Waals surface area (Å²) in [6, 6.07) is 0. The van der Waals surface area contributed by atoms with Gasteiger partial charge in [-0.2, -0.15) is 0 Å². The number of fused-ring (bicyclic) bond motifs is 1. The van der Waals surface area contributed by atoms with E-state index in [1.807, 2.05) is 11.9 Å². The molecule has 3 fully saturated rings. The van der Waals surface area contributed by atoms with E-state index in [2.05, 4.69) is 5.32 Å². The summed E-state index contributed by atoms with van der Waals surface area (Å²) in [5.41, 5.74) is 0. The molecule has 20 heavy (non-hydrogen) atoms. The Hall–Kier alpha value is -0.320. The molecule has 1 N–H and O–H groups in total. The van der Waals surface area contributed by atoms with Crippen LogP contribution in [-0.2, 0) is 9.53 Å². The lowest BCUT2D eigenvalue weighted by Crippen LogP contribution is -2.50. The summed E-state index contributed by atoms with van der Waals surface area (Å²) in [4.78, 5) is 14.2. The maximum absolute atomic E-state index is 12.3. The summed E-state index contributed by atoms with van der Waals surface area (Å²) in [5, 5.41) is 3.43. The van der Waals surface area contributed by atoms with Crippen LogP contribution in [0, 0.1) is 23.7 Å². The Morgan fingerprint density at radius 3 is 2.70 bits per heavy atom. The number of carbonyl (C=O) groups is 1. The Kier molecular flexibility index (Phi) is 5.70. The lowest BCUT2D eigenvalue weighted by molar-refractivity contribution is -0.144. The van der Waals surface area contributed by atoms with Gasteiger partial charge in [0.25, 0.3) is 0 Å². The number of carbonyl (C=O) groups excluding carboxylic acids is 1. The summed E-state index contributed by atoms with van der Waals surface area (Å²) < 4.78 is 5.91. The molecule has 1 aliphatic carbocycles. The van der Waals surface area contributed by atoms with Gasteiger partial charge >= 0.3 is 0 Å². The molecule has 0 spiro atoms. The Morgan fingerprint density at radius 1 is 1.20 bits per heavy atom. The smallest absolute Gasteiger partial charge is 0.225 e. The van der Waals surface area contributed by atoms with E-state index in [0.717, 1.165) is 51.6 Å². The van der Waals surface area contributed by atoms with Gasteiger partial charge in [0.1, 0.15) is 0 Å². The zero-order valence-electron chi connectivity index (χ0n) is 12.3. The number of hydrogen-bond donors (Lipinski definition) is 1. The number of nitrogens with one attached hydrogen (secondary N) is 1. The topological polar surface area (TPSA) is 41.6 Å². The molecule has 3 atom stereocenters. The number of halogens is 1. The Morgan fingerprint density at radius 2 is 1.95 bits per heavy atom. The second kappa shape index (κ2) is 7.10. The van der Waals surface area contributed by atoms with Crippen molar-refractivity contribution in [3.8, 4) is 0 Å². The fourth-order valence-electron chi connectivity index (χ4n) is 3.64. The van der Waals surface area contributed by atoms with Gasteiger partial charge in [0.05, 0.1) is 6.61 Å². The van der Waals surface area contributed by atoms with Crippen LogP contribution >= 0.6 is 12.4 Å². The summed E-state index contributed by atoms with van der Waals surface area (Å²) in [6.07, 6.45) is 4.81. The van der Waals surface area contributed by atoms with Crippen LogP contribution in [-0.4, -0.2) is 50.7 Å². The molecule has 2 heterocycles. The number of piperidine rings is 1. The molecule has 0 radical (unpaired) electrons. The minimum atomic E-state index is 0. The molecular formula is C15H27ClN2O2. The van der Waals surface area contributed by atoms with Crippen molar-refractivity contribution in [3.05, 3.63) is 0 Å². The van der Waals surface area contributed by atoms with Gasteiger partial charge in [-0.25, -0.2) is 0 Å². The van der Waals surface area contributed by atoms with Gasteiger partial charge in [-0.1, -0.05) is 0 Å². The lowest BCUT2D eigenvalue weighted by atomic mass is 9.75. The zero-order valence-corrected chi connectivity index (χ0v) is 13.2. The van der Waals surface area contributed by atoms with E-state index in [0.29, 0.717) is 17.7 Å². The van der Waals surface area contributed by atoms with Crippen molar-refractivity contribution in [2.24, 2.45) is 23.7 Å². The predicted molar refractivity (Wildman–Crippen MR) is 81.0 cm³/mol. The molecule has 0 aromatic rings. The number of likely N-dealkylation sites (tertiary alicyclic amines) is 1. The first-order valence-electron chi connectivity index (χ1n) is 7.79. The molecule has 2 aliphatic heterocycles. The van der Waals surface area contributed by atoms with E-state index in [9.17, 15) is 4.79 Å². The monoisotopic (exact) mass is 302 g/mol. The minimum Gasteiger partial charge on any atom is -0.381 e. The molecule has 0 aromatic heterocycles. The first-order chi connectivity index (χ1) is 9.25. The summed E-state index contributed by atoms with van der Waals surface area (Å²) >= 11 is 0. The fraction of sp³-hybridized carbons (Fsp3) is 0.933. The van der Waals surface area contributed by atoms with Gasteiger partial charge in [0.2, 0.25) is 5.91 Å². The second-order valence-electron chi connectivity index (χ2n) is 6.56. The van der Waals surface area contributed by atoms with E-state index < -0.39 is 0 Å². The molecule has 0 unspecified atom stereocenters. The normalized spacial score (nSPS) is 34.1. The molecule has 2 saturated heterocycles. The van der Waals surface area contributed by atoms with Crippen molar-refractivity contribution in [3.63, 3.8) is 0 Å². The predicted octanol–water partition coefficient (Wildman–Crippen LogP) is 1.54. The average Bonchev–Trinajstić information content (AvgIpc) is 3.21. The van der Waals surface area contributed by atoms with Crippen molar-refractivity contribution in [1.29, 1.82) is 0 Å². The number of nitrogens with zero attached hydrogens (tertiary/aromatic N) is 1. The second-order valence-corrected chi connectivity index (χ2v) is 6.56. The van der Waals surface area contributed by atoms with E-state index in [1.54, 1.807) is 0 Å². The van der Waals surface area contributed by atoms with Gasteiger partial charge in [0, 0.05) is 32.0 Å². The van der Waals surface area contributed by atoms with Gasteiger partial charge in [-0.15, -0.1) is 12.4 Å². The van der Waals surface area contributed by atoms with E-state index in [1.165, 1.54) is 12.8 Å². The molecule has 0 bridgehead atoms. The number of ether oxygens (including phenoxy) is 1. The fourth-order valence-corrected chi connectivity index (χ4v) is 3.64. The van der Waals surface area contributed by atoms with Crippen LogP contribution in [0.4, 0.5) is 0 Å². The Bertz CT molecular complexity index is 336. The molecule has 3 aliphatic rings. The van der Waals surface area contributed by atoms with Crippen LogP contribution in [0.5, 0.6) is 0 Å². The van der Waals surface area contributed by atoms with Crippen LogP contribution in [0.15, 0.2) is 0 Å². The van der Waals surface area contributed by atoms with E-state index in [-0.39, 0.29) is 18.3 Å². The molecule has 5 heteroatoms. The maximum Gasteiger partial charge on any atom is 0.225 e. The maximum atomic E-state index is 12.3. The highest BCUT2D eigenvalue weighted by Crippen LogP contribution is 2.35. The molecule has 1 saturated carbocycles. The highest BCUT2D eigenvalue weighted by Gasteiger charge is 2.41. The third kappa shape index (κ3) is 3.66. The van der Waals surface area contributed by atoms with Gasteiger partial charge in [0.15, 0.2) is 0 Å². The van der Waals surface area contributed by atoms with Crippen molar-refractivity contribution >= 4 is 18.3 Å². The highest BCUT2D eigenvalue weighted by atomic mass is 35.5. The van der Waals surface area contributed by atoms with Crippen molar-refractivity contribution in [2.75, 3.05) is 39.9 Å². The van der Waals surface area contributed by atoms with Crippen molar-refractivity contribution < 1.29 is 9.53 Å². The van der Waals surface area contributed by atoms with Gasteiger partial charge in [-0.3, -0.25) is 4.79 Å². The number of rotatable bonds is 4. The molecular weight excluding hydrogens is 276 g/mol. The Labute approximate surface area is 128 Å². The highest BCUT2D eigenvalue weighted by molar-refractivity contribution is 5.85. The molecule has 116 valence electrons. The quantitative estimate of drug-likeness (QED) is 0.856. The van der Waals surface area contributed by atoms with Gasteiger partial charge in [-0.05, 0) is 50.6 Å². The van der Waals surface area contributed by atoms with Crippen LogP contribution < -0.4 is 5.32 Å². The zero-order chi connectivity index (χ0) is 13.2. The number of hydrogen-bond acceptors (Lipinski definition) is 3. The third-order valence-corrected chi connectivity index (χ3v) is 4.99. The molecule has 1 amide bonds. The first-order valence-corrected chi connectivity index (χ1v) is 7.79. The van der Waals surface area contributed by atoms with Crippen molar-refractivity contribution in [2.45, 2.75) is 25.7 Å². The summed E-state index contributed by atoms with van der Waals surface area (Å²) in [7, 11) is 1.95. The number of amides is 1. The lowest BCUT2D eigenvalue weighted by Gasteiger charge is -2.41. The van der Waals surface area contributed by atoms with Gasteiger partial charge < -0.3 is 15.0 Å². The Balaban J connectivity index is 0.00000147. The molecule has 3 rings (SSSR count). The van der Waals surface area contributed by atoms with Crippen molar-refractivity contribution in [1.82, 2.24) is 10.2 Å². The van der Waals surface area contributed by atoms with Crippen LogP contribution in [0.1, 0.15) is 25.7 Å².